The zero-order chi connectivity index (χ0) is 17.5. The van der Waals surface area contributed by atoms with Gasteiger partial charge < -0.3 is 7.43 Å². The van der Waals surface area contributed by atoms with Gasteiger partial charge in [-0.15, -0.1) is 5.56 Å². The second-order valence-corrected chi connectivity index (χ2v) is 12.1. The average Bonchev–Trinajstić information content (AvgIpc) is 2.48. The van der Waals surface area contributed by atoms with Crippen LogP contribution in [0.1, 0.15) is 11.3 Å². The first-order chi connectivity index (χ1) is 10.9. The molecule has 0 saturated heterocycles. The summed E-state index contributed by atoms with van der Waals surface area (Å²) in [5, 5.41) is 0. The maximum absolute atomic E-state index is 4.29. The van der Waals surface area contributed by atoms with Gasteiger partial charge in [0.15, 0.2) is 0 Å². The number of benzene rings is 1. The largest absolute Gasteiger partial charge is 2.00 e. The number of aromatic nitrogens is 1. The zero-order valence-electron chi connectivity index (χ0n) is 16.7. The molecule has 0 bridgehead atoms. The second-order valence-electron chi connectivity index (χ2n) is 6.11. The Morgan fingerprint density at radius 1 is 0.960 bits per heavy atom. The van der Waals surface area contributed by atoms with Gasteiger partial charge in [-0.25, -0.2) is 0 Å². The smallest absolute Gasteiger partial charge is 0.358 e. The number of rotatable bonds is 3. The quantitative estimate of drug-likeness (QED) is 0.293. The van der Waals surface area contributed by atoms with E-state index in [4.69, 9.17) is 0 Å². The van der Waals surface area contributed by atoms with E-state index in [-0.39, 0.29) is 40.3 Å². The summed E-state index contributed by atoms with van der Waals surface area (Å²) in [6.45, 7) is 14.3. The van der Waals surface area contributed by atoms with Gasteiger partial charge in [0.1, 0.15) is 0 Å². The van der Waals surface area contributed by atoms with Crippen LogP contribution in [0.15, 0.2) is 53.7 Å². The molecule has 0 saturated carbocycles. The minimum absolute atomic E-state index is 0. The Balaban J connectivity index is -0.000000415. The van der Waals surface area contributed by atoms with E-state index in [2.05, 4.69) is 56.0 Å². The van der Waals surface area contributed by atoms with Crippen molar-refractivity contribution in [3.63, 3.8) is 0 Å². The van der Waals surface area contributed by atoms with Crippen LogP contribution < -0.4 is 0 Å². The monoisotopic (exact) mass is 420 g/mol. The first kappa shape index (κ1) is 29.2. The standard InChI is InChI=1S/C13H11N2.2C3H9P.CH3.Fe/c1-2-6-12(7-3-1)10-14-11-13-8-4-5-9-15-13;2*1-4(2)3;;/h1-6,8-9,11H,10H2;2*1-3H3;1H3;/q-1;;;-1;+2/p+2. The summed E-state index contributed by atoms with van der Waals surface area (Å²) in [4.78, 5) is 8.44. The molecule has 2 rings (SSSR count). The van der Waals surface area contributed by atoms with E-state index in [9.17, 15) is 0 Å². The molecule has 0 N–H and O–H groups in total. The van der Waals surface area contributed by atoms with Gasteiger partial charge in [0.2, 0.25) is 0 Å². The molecule has 0 radical (unpaired) electrons. The molecule has 1 aromatic heterocycles. The first-order valence-corrected chi connectivity index (χ1v) is 13.8. The Morgan fingerprint density at radius 2 is 1.52 bits per heavy atom. The van der Waals surface area contributed by atoms with Gasteiger partial charge in [-0.2, -0.15) is 30.3 Å². The van der Waals surface area contributed by atoms with Crippen LogP contribution in [-0.2, 0) is 23.6 Å². The molecular weight excluding hydrogens is 386 g/mol. The van der Waals surface area contributed by atoms with Crippen molar-refractivity contribution in [1.29, 1.82) is 0 Å². The average molecular weight is 420 g/mol. The summed E-state index contributed by atoms with van der Waals surface area (Å²) in [7, 11) is 0.241. The summed E-state index contributed by atoms with van der Waals surface area (Å²) in [6, 6.07) is 16.7. The van der Waals surface area contributed by atoms with Crippen LogP contribution in [0.25, 0.3) is 0 Å². The number of aliphatic imine (C=N–C) groups is 1. The van der Waals surface area contributed by atoms with E-state index in [0.717, 1.165) is 11.3 Å². The Bertz CT molecular complexity index is 506. The van der Waals surface area contributed by atoms with E-state index in [0.29, 0.717) is 6.54 Å². The molecule has 2 nitrogen and oxygen atoms in total. The normalized spacial score (nSPS) is 9.28. The topological polar surface area (TPSA) is 25.2 Å². The summed E-state index contributed by atoms with van der Waals surface area (Å²) < 4.78 is 0. The Morgan fingerprint density at radius 3 is 1.96 bits per heavy atom. The predicted octanol–water partition coefficient (Wildman–Crippen LogP) is 5.13. The number of nitrogens with zero attached hydrogens (tertiary/aromatic N) is 2. The maximum Gasteiger partial charge on any atom is 2.00 e. The van der Waals surface area contributed by atoms with E-state index < -0.39 is 0 Å². The molecule has 2 aromatic rings. The van der Waals surface area contributed by atoms with Crippen LogP contribution in [0.4, 0.5) is 0 Å². The van der Waals surface area contributed by atoms with Crippen molar-refractivity contribution in [1.82, 2.24) is 4.98 Å². The van der Waals surface area contributed by atoms with Crippen LogP contribution in [-0.4, -0.2) is 51.2 Å². The Hall–Kier alpha value is -0.581. The molecule has 0 atom stereocenters. The fourth-order valence-electron chi connectivity index (χ4n) is 1.22. The predicted molar refractivity (Wildman–Crippen MR) is 119 cm³/mol. The molecule has 5 heteroatoms. The molecule has 140 valence electrons. The Kier molecular flexibility index (Phi) is 23.1. The molecule has 1 aromatic carbocycles. The van der Waals surface area contributed by atoms with Gasteiger partial charge >= 0.3 is 17.1 Å². The first-order valence-electron chi connectivity index (χ1n) is 7.81. The van der Waals surface area contributed by atoms with E-state index in [1.54, 1.807) is 12.4 Å². The molecule has 0 amide bonds. The fraction of sp³-hybridized carbons (Fsp3) is 0.350. The van der Waals surface area contributed by atoms with Crippen molar-refractivity contribution >= 4 is 22.1 Å². The van der Waals surface area contributed by atoms with Crippen LogP contribution in [0.2, 0.25) is 0 Å². The van der Waals surface area contributed by atoms with E-state index in [1.807, 2.05) is 42.5 Å². The molecular formula is C20H34FeN2P2+2. The third kappa shape index (κ3) is 23.4. The molecule has 0 spiro atoms. The van der Waals surface area contributed by atoms with E-state index in [1.165, 1.54) is 0 Å². The number of hydrogen-bond donors (Lipinski definition) is 0. The van der Waals surface area contributed by atoms with Crippen LogP contribution in [0, 0.1) is 13.5 Å². The van der Waals surface area contributed by atoms with Crippen molar-refractivity contribution < 1.29 is 17.1 Å². The molecule has 0 aliphatic rings. The van der Waals surface area contributed by atoms with Crippen molar-refractivity contribution in [2.75, 3.05) is 40.0 Å². The van der Waals surface area contributed by atoms with Crippen molar-refractivity contribution in [2.24, 2.45) is 4.99 Å². The van der Waals surface area contributed by atoms with Crippen LogP contribution in [0.5, 0.6) is 0 Å². The van der Waals surface area contributed by atoms with Gasteiger partial charge in [-0.1, -0.05) is 6.07 Å². The van der Waals surface area contributed by atoms with Crippen LogP contribution >= 0.6 is 15.8 Å². The summed E-state index contributed by atoms with van der Waals surface area (Å²) >= 11 is 0. The summed E-state index contributed by atoms with van der Waals surface area (Å²) in [5.41, 5.74) is 1.97. The fourth-order valence-corrected chi connectivity index (χ4v) is 1.22. The minimum atomic E-state index is 0. The van der Waals surface area contributed by atoms with Gasteiger partial charge in [0.25, 0.3) is 0 Å². The number of hydrogen-bond acceptors (Lipinski definition) is 2. The van der Waals surface area contributed by atoms with Gasteiger partial charge in [0.05, 0.1) is 5.69 Å². The Labute approximate surface area is 169 Å². The minimum Gasteiger partial charge on any atom is -0.358 e. The molecule has 0 aliphatic heterocycles. The van der Waals surface area contributed by atoms with Gasteiger partial charge in [-0.3, -0.25) is 9.98 Å². The SMILES string of the molecule is C[PH+](C)C.C[PH+](C)C.[CH3-].[Fe+2].[c-]1ccccc1CN=Cc1ccccn1. The van der Waals surface area contributed by atoms with E-state index >= 15 is 0 Å². The zero-order valence-corrected chi connectivity index (χ0v) is 19.8. The van der Waals surface area contributed by atoms with Crippen molar-refractivity contribution in [2.45, 2.75) is 6.54 Å². The van der Waals surface area contributed by atoms with Gasteiger partial charge in [-0.05, 0) is 28.0 Å². The number of pyridine rings is 1. The van der Waals surface area contributed by atoms with Crippen LogP contribution in [0.3, 0.4) is 0 Å². The summed E-state index contributed by atoms with van der Waals surface area (Å²) in [6.07, 6.45) is 3.54. The maximum atomic E-state index is 4.29. The van der Waals surface area contributed by atoms with Crippen molar-refractivity contribution in [3.8, 4) is 0 Å². The van der Waals surface area contributed by atoms with Crippen molar-refractivity contribution in [3.05, 3.63) is 73.4 Å². The molecule has 0 aliphatic carbocycles. The molecule has 1 heterocycles. The second kappa shape index (κ2) is 19.7. The third-order valence-corrected chi connectivity index (χ3v) is 1.95. The third-order valence-electron chi connectivity index (χ3n) is 1.95. The van der Waals surface area contributed by atoms with Gasteiger partial charge in [0, 0.05) is 58.9 Å². The molecule has 0 unspecified atom stereocenters. The summed E-state index contributed by atoms with van der Waals surface area (Å²) in [5.74, 6) is 0. The molecule has 25 heavy (non-hydrogen) atoms. The molecule has 0 fully saturated rings.